The normalized spacial score (nSPS) is 25.2. The molecule has 1 saturated heterocycles. The molecule has 0 unspecified atom stereocenters. The molecule has 1 aromatic carbocycles. The lowest BCUT2D eigenvalue weighted by molar-refractivity contribution is -0.139. The van der Waals surface area contributed by atoms with Crippen molar-refractivity contribution in [3.05, 3.63) is 35.9 Å². The monoisotopic (exact) mass is 248 g/mol. The van der Waals surface area contributed by atoms with Crippen molar-refractivity contribution < 1.29 is 14.7 Å². The van der Waals surface area contributed by atoms with Gasteiger partial charge in [0.05, 0.1) is 6.10 Å². The number of hydrogen-bond acceptors (Lipinski definition) is 3. The third kappa shape index (κ3) is 2.68. The van der Waals surface area contributed by atoms with Crippen LogP contribution in [0.25, 0.3) is 0 Å². The van der Waals surface area contributed by atoms with Crippen molar-refractivity contribution in [2.24, 2.45) is 0 Å². The maximum Gasteiger partial charge on any atom is 0.245 e. The highest BCUT2D eigenvalue weighted by Gasteiger charge is 2.35. The van der Waals surface area contributed by atoms with Crippen LogP contribution in [-0.2, 0) is 16.0 Å². The minimum atomic E-state index is -0.897. The van der Waals surface area contributed by atoms with E-state index < -0.39 is 18.2 Å². The predicted octanol–water partition coefficient (Wildman–Crippen LogP) is -0.407. The number of hydrogen-bond donors (Lipinski definition) is 3. The lowest BCUT2D eigenvalue weighted by Gasteiger charge is -2.31. The molecule has 0 spiro atoms. The lowest BCUT2D eigenvalue weighted by atomic mass is 10.0. The van der Waals surface area contributed by atoms with Gasteiger partial charge in [0.2, 0.25) is 11.8 Å². The molecule has 0 radical (unpaired) electrons. The van der Waals surface area contributed by atoms with Crippen molar-refractivity contribution >= 4 is 11.8 Å². The number of carbonyl (C=O) groups excluding carboxylic acids is 2. The van der Waals surface area contributed by atoms with Crippen LogP contribution in [0.4, 0.5) is 0 Å². The van der Waals surface area contributed by atoms with Crippen LogP contribution >= 0.6 is 0 Å². The molecule has 96 valence electrons. The summed E-state index contributed by atoms with van der Waals surface area (Å²) in [5.74, 6) is -0.602. The maximum absolute atomic E-state index is 11.8. The Labute approximate surface area is 105 Å². The number of nitrogens with one attached hydrogen (secondary N) is 2. The molecule has 2 rings (SSSR count). The van der Waals surface area contributed by atoms with Gasteiger partial charge >= 0.3 is 0 Å². The van der Waals surface area contributed by atoms with Crippen molar-refractivity contribution in [3.8, 4) is 0 Å². The molecule has 1 aliphatic heterocycles. The molecule has 5 heteroatoms. The first-order valence-electron chi connectivity index (χ1n) is 5.90. The number of aliphatic hydroxyl groups is 1. The fourth-order valence-electron chi connectivity index (χ4n) is 1.98. The van der Waals surface area contributed by atoms with Gasteiger partial charge in [0.25, 0.3) is 0 Å². The smallest absolute Gasteiger partial charge is 0.245 e. The first kappa shape index (κ1) is 12.6. The highest BCUT2D eigenvalue weighted by molar-refractivity contribution is 5.97. The van der Waals surface area contributed by atoms with Gasteiger partial charge in [-0.05, 0) is 12.5 Å². The molecule has 0 saturated carbocycles. The van der Waals surface area contributed by atoms with Crippen LogP contribution in [-0.4, -0.2) is 35.1 Å². The van der Waals surface area contributed by atoms with E-state index in [2.05, 4.69) is 10.6 Å². The summed E-state index contributed by atoms with van der Waals surface area (Å²) in [6, 6.07) is 8.04. The van der Waals surface area contributed by atoms with Gasteiger partial charge in [0.15, 0.2) is 0 Å². The van der Waals surface area contributed by atoms with Crippen molar-refractivity contribution in [1.82, 2.24) is 10.6 Å². The third-order valence-corrected chi connectivity index (χ3v) is 2.98. The second-order valence-corrected chi connectivity index (χ2v) is 4.48. The van der Waals surface area contributed by atoms with E-state index in [1.165, 1.54) is 6.92 Å². The Bertz CT molecular complexity index is 445. The van der Waals surface area contributed by atoms with E-state index in [0.717, 1.165) is 5.56 Å². The quantitative estimate of drug-likeness (QED) is 0.680. The summed E-state index contributed by atoms with van der Waals surface area (Å²) in [4.78, 5) is 23.5. The van der Waals surface area contributed by atoms with Gasteiger partial charge in [0.1, 0.15) is 12.1 Å². The van der Waals surface area contributed by atoms with E-state index in [4.69, 9.17) is 0 Å². The van der Waals surface area contributed by atoms with E-state index in [-0.39, 0.29) is 11.8 Å². The van der Waals surface area contributed by atoms with E-state index in [1.807, 2.05) is 30.3 Å². The number of benzene rings is 1. The Morgan fingerprint density at radius 2 is 1.83 bits per heavy atom. The Balaban J connectivity index is 2.04. The van der Waals surface area contributed by atoms with Gasteiger partial charge in [-0.25, -0.2) is 0 Å². The van der Waals surface area contributed by atoms with Crippen molar-refractivity contribution in [3.63, 3.8) is 0 Å². The fraction of sp³-hybridized carbons (Fsp3) is 0.385. The van der Waals surface area contributed by atoms with Gasteiger partial charge < -0.3 is 15.7 Å². The summed E-state index contributed by atoms with van der Waals surface area (Å²) in [6.07, 6.45) is -0.447. The van der Waals surface area contributed by atoms with Crippen LogP contribution in [0.5, 0.6) is 0 Å². The second kappa shape index (κ2) is 5.18. The second-order valence-electron chi connectivity index (χ2n) is 4.48. The average Bonchev–Trinajstić information content (AvgIpc) is 2.34. The molecule has 2 amide bonds. The zero-order valence-corrected chi connectivity index (χ0v) is 10.1. The zero-order chi connectivity index (χ0) is 13.1. The predicted molar refractivity (Wildman–Crippen MR) is 65.7 cm³/mol. The van der Waals surface area contributed by atoms with E-state index in [1.54, 1.807) is 0 Å². The Hall–Kier alpha value is -1.88. The number of carbonyl (C=O) groups is 2. The highest BCUT2D eigenvalue weighted by Crippen LogP contribution is 2.08. The average molecular weight is 248 g/mol. The number of piperazine rings is 1. The van der Waals surface area contributed by atoms with Gasteiger partial charge in [0, 0.05) is 6.42 Å². The fourth-order valence-corrected chi connectivity index (χ4v) is 1.98. The molecule has 1 heterocycles. The van der Waals surface area contributed by atoms with Crippen LogP contribution in [0, 0.1) is 0 Å². The van der Waals surface area contributed by atoms with Gasteiger partial charge in [-0.1, -0.05) is 30.3 Å². The summed E-state index contributed by atoms with van der Waals surface area (Å²) in [7, 11) is 0. The van der Waals surface area contributed by atoms with E-state index in [0.29, 0.717) is 6.42 Å². The van der Waals surface area contributed by atoms with Crippen LogP contribution in [0.3, 0.4) is 0 Å². The Kier molecular flexibility index (Phi) is 3.62. The molecule has 0 bridgehead atoms. The largest absolute Gasteiger partial charge is 0.391 e. The number of rotatable bonds is 3. The molecule has 5 nitrogen and oxygen atoms in total. The first-order chi connectivity index (χ1) is 8.58. The first-order valence-corrected chi connectivity index (χ1v) is 5.90. The third-order valence-electron chi connectivity index (χ3n) is 2.98. The molecule has 1 aromatic rings. The Morgan fingerprint density at radius 3 is 2.44 bits per heavy atom. The molecule has 1 fully saturated rings. The van der Waals surface area contributed by atoms with Crippen molar-refractivity contribution in [2.45, 2.75) is 31.5 Å². The summed E-state index contributed by atoms with van der Waals surface area (Å²) in [5, 5.41) is 14.5. The maximum atomic E-state index is 11.8. The summed E-state index contributed by atoms with van der Waals surface area (Å²) in [5.41, 5.74) is 0.980. The summed E-state index contributed by atoms with van der Waals surface area (Å²) < 4.78 is 0. The lowest BCUT2D eigenvalue weighted by Crippen LogP contribution is -2.65. The number of amides is 2. The molecule has 0 aliphatic carbocycles. The molecule has 0 aromatic heterocycles. The molecule has 18 heavy (non-hydrogen) atoms. The number of aliphatic hydroxyl groups excluding tert-OH is 1. The van der Waals surface area contributed by atoms with E-state index >= 15 is 0 Å². The van der Waals surface area contributed by atoms with Gasteiger partial charge in [-0.15, -0.1) is 0 Å². The van der Waals surface area contributed by atoms with Gasteiger partial charge in [-0.3, -0.25) is 9.59 Å². The SMILES string of the molecule is C[C@H](O)[C@H]1NC(=O)[C@H](Cc2ccccc2)NC1=O. The molecular weight excluding hydrogens is 232 g/mol. The Morgan fingerprint density at radius 1 is 1.17 bits per heavy atom. The van der Waals surface area contributed by atoms with Crippen molar-refractivity contribution in [1.29, 1.82) is 0 Å². The topological polar surface area (TPSA) is 78.4 Å². The van der Waals surface area contributed by atoms with Crippen LogP contribution in [0.15, 0.2) is 30.3 Å². The van der Waals surface area contributed by atoms with Crippen LogP contribution in [0.1, 0.15) is 12.5 Å². The van der Waals surface area contributed by atoms with E-state index in [9.17, 15) is 14.7 Å². The molecule has 3 N–H and O–H groups in total. The minimum absolute atomic E-state index is 0.260. The summed E-state index contributed by atoms with van der Waals surface area (Å²) >= 11 is 0. The van der Waals surface area contributed by atoms with Crippen LogP contribution < -0.4 is 10.6 Å². The standard InChI is InChI=1S/C13H16N2O3/c1-8(16)11-13(18)14-10(12(17)15-11)7-9-5-3-2-4-6-9/h2-6,8,10-11,16H,7H2,1H3,(H,14,18)(H,15,17)/t8-,10-,11+/m0/s1. The van der Waals surface area contributed by atoms with Crippen molar-refractivity contribution in [2.75, 3.05) is 0 Å². The summed E-state index contributed by atoms with van der Waals surface area (Å²) in [6.45, 7) is 1.47. The van der Waals surface area contributed by atoms with Crippen LogP contribution in [0.2, 0.25) is 0 Å². The minimum Gasteiger partial charge on any atom is -0.391 e. The van der Waals surface area contributed by atoms with Gasteiger partial charge in [-0.2, -0.15) is 0 Å². The molecule has 3 atom stereocenters. The molecule has 1 aliphatic rings. The molecular formula is C13H16N2O3. The highest BCUT2D eigenvalue weighted by atomic mass is 16.3. The zero-order valence-electron chi connectivity index (χ0n) is 10.1.